The van der Waals surface area contributed by atoms with E-state index in [-0.39, 0.29) is 6.61 Å². The van der Waals surface area contributed by atoms with Crippen molar-refractivity contribution in [2.24, 2.45) is 0 Å². The average Bonchev–Trinajstić information content (AvgIpc) is 2.65. The maximum Gasteiger partial charge on any atom is 0.166 e. The molecule has 2 aromatic carbocycles. The minimum absolute atomic E-state index is 0.161. The molecule has 0 spiro atoms. The van der Waals surface area contributed by atoms with Crippen LogP contribution in [0.25, 0.3) is 0 Å². The van der Waals surface area contributed by atoms with Gasteiger partial charge in [-0.1, -0.05) is 42.5 Å². The van der Waals surface area contributed by atoms with Crippen LogP contribution in [0.3, 0.4) is 0 Å². The monoisotopic (exact) mass is 344 g/mol. The van der Waals surface area contributed by atoms with Crippen LogP contribution in [0.1, 0.15) is 18.1 Å². The van der Waals surface area contributed by atoms with Crippen molar-refractivity contribution in [3.05, 3.63) is 59.7 Å². The highest BCUT2D eigenvalue weighted by atomic mass is 16.5. The maximum atomic E-state index is 8.76. The molecule has 25 heavy (non-hydrogen) atoms. The molecule has 0 saturated carbocycles. The van der Waals surface area contributed by atoms with Gasteiger partial charge >= 0.3 is 0 Å². The lowest BCUT2D eigenvalue weighted by Gasteiger charge is -2.16. The zero-order chi connectivity index (χ0) is 17.7. The number of rotatable bonds is 12. The van der Waals surface area contributed by atoms with Crippen LogP contribution in [0.15, 0.2) is 48.5 Å². The first kappa shape index (κ1) is 19.2. The molecule has 136 valence electrons. The molecule has 0 aromatic heterocycles. The molecular formula is C20H28N2O3. The SMILES string of the molecule is CCOc1cccc(CNCCNCCO)c1OCc1ccccc1. The van der Waals surface area contributed by atoms with Gasteiger partial charge in [-0.05, 0) is 18.6 Å². The highest BCUT2D eigenvalue weighted by molar-refractivity contribution is 5.46. The summed E-state index contributed by atoms with van der Waals surface area (Å²) in [7, 11) is 0. The Labute approximate surface area is 150 Å². The predicted molar refractivity (Wildman–Crippen MR) is 100 cm³/mol. The predicted octanol–water partition coefficient (Wildman–Crippen LogP) is 2.34. The molecule has 0 atom stereocenters. The van der Waals surface area contributed by atoms with Crippen LogP contribution in [-0.4, -0.2) is 38.0 Å². The van der Waals surface area contributed by atoms with E-state index >= 15 is 0 Å². The summed E-state index contributed by atoms with van der Waals surface area (Å²) in [6, 6.07) is 16.1. The first-order chi connectivity index (χ1) is 12.3. The molecule has 0 aliphatic heterocycles. The number of nitrogens with one attached hydrogen (secondary N) is 2. The van der Waals surface area contributed by atoms with Crippen LogP contribution in [0.5, 0.6) is 11.5 Å². The minimum atomic E-state index is 0.161. The van der Waals surface area contributed by atoms with E-state index in [0.29, 0.717) is 26.3 Å². The lowest BCUT2D eigenvalue weighted by molar-refractivity contribution is 0.266. The maximum absolute atomic E-state index is 8.76. The van der Waals surface area contributed by atoms with Gasteiger partial charge in [0.2, 0.25) is 0 Å². The number of hydrogen-bond donors (Lipinski definition) is 3. The van der Waals surface area contributed by atoms with Crippen molar-refractivity contribution in [3.8, 4) is 11.5 Å². The van der Waals surface area contributed by atoms with Crippen molar-refractivity contribution in [1.82, 2.24) is 10.6 Å². The van der Waals surface area contributed by atoms with Crippen LogP contribution >= 0.6 is 0 Å². The third-order valence-electron chi connectivity index (χ3n) is 3.67. The Bertz CT molecular complexity index is 605. The Morgan fingerprint density at radius 2 is 1.68 bits per heavy atom. The summed E-state index contributed by atoms with van der Waals surface area (Å²) < 4.78 is 11.8. The summed E-state index contributed by atoms with van der Waals surface area (Å²) in [6.45, 7) is 6.19. The van der Waals surface area contributed by atoms with Crippen molar-refractivity contribution in [3.63, 3.8) is 0 Å². The third kappa shape index (κ3) is 6.74. The summed E-state index contributed by atoms with van der Waals surface area (Å²) in [5.74, 6) is 1.57. The van der Waals surface area contributed by atoms with Gasteiger partial charge in [0.25, 0.3) is 0 Å². The second kappa shape index (κ2) is 11.5. The minimum Gasteiger partial charge on any atom is -0.490 e. The topological polar surface area (TPSA) is 62.8 Å². The first-order valence-corrected chi connectivity index (χ1v) is 8.78. The zero-order valence-corrected chi connectivity index (χ0v) is 14.8. The molecular weight excluding hydrogens is 316 g/mol. The molecule has 0 aliphatic carbocycles. The van der Waals surface area contributed by atoms with Crippen LogP contribution in [-0.2, 0) is 13.2 Å². The smallest absolute Gasteiger partial charge is 0.166 e. The standard InChI is InChI=1S/C20H28N2O3/c1-2-24-19-10-6-9-18(15-22-12-11-21-13-14-23)20(19)25-16-17-7-4-3-5-8-17/h3-10,21-23H,2,11-16H2,1H3. The van der Waals surface area contributed by atoms with Gasteiger partial charge in [-0.2, -0.15) is 0 Å². The van der Waals surface area contributed by atoms with Crippen LogP contribution in [0, 0.1) is 0 Å². The van der Waals surface area contributed by atoms with Crippen molar-refractivity contribution in [1.29, 1.82) is 0 Å². The lowest BCUT2D eigenvalue weighted by atomic mass is 10.1. The fourth-order valence-electron chi connectivity index (χ4n) is 2.47. The molecule has 2 aromatic rings. The summed E-state index contributed by atoms with van der Waals surface area (Å²) in [5.41, 5.74) is 2.20. The van der Waals surface area contributed by atoms with Gasteiger partial charge in [-0.25, -0.2) is 0 Å². The van der Waals surface area contributed by atoms with Crippen molar-refractivity contribution >= 4 is 0 Å². The average molecular weight is 344 g/mol. The molecule has 0 aliphatic rings. The van der Waals surface area contributed by atoms with Crippen LogP contribution in [0.4, 0.5) is 0 Å². The van der Waals surface area contributed by atoms with E-state index in [4.69, 9.17) is 14.6 Å². The molecule has 3 N–H and O–H groups in total. The Balaban J connectivity index is 1.98. The van der Waals surface area contributed by atoms with E-state index in [1.807, 2.05) is 49.4 Å². The Hall–Kier alpha value is -2.08. The summed E-state index contributed by atoms with van der Waals surface area (Å²) in [5, 5.41) is 15.3. The Morgan fingerprint density at radius 3 is 2.44 bits per heavy atom. The molecule has 0 fully saturated rings. The van der Waals surface area contributed by atoms with E-state index in [1.54, 1.807) is 0 Å². The van der Waals surface area contributed by atoms with Crippen molar-refractivity contribution < 1.29 is 14.6 Å². The zero-order valence-electron chi connectivity index (χ0n) is 14.8. The quantitative estimate of drug-likeness (QED) is 0.516. The van der Waals surface area contributed by atoms with Gasteiger partial charge in [0.1, 0.15) is 6.61 Å². The van der Waals surface area contributed by atoms with Gasteiger partial charge in [-0.3, -0.25) is 0 Å². The van der Waals surface area contributed by atoms with Gasteiger partial charge in [-0.15, -0.1) is 0 Å². The molecule has 5 heteroatoms. The van der Waals surface area contributed by atoms with E-state index in [2.05, 4.69) is 16.7 Å². The second-order valence-corrected chi connectivity index (χ2v) is 5.60. The molecule has 2 rings (SSSR count). The number of hydrogen-bond acceptors (Lipinski definition) is 5. The Kier molecular flexibility index (Phi) is 8.83. The van der Waals surface area contributed by atoms with Gasteiger partial charge in [0.05, 0.1) is 13.2 Å². The van der Waals surface area contributed by atoms with Crippen molar-refractivity contribution in [2.75, 3.05) is 32.8 Å². The number of para-hydroxylation sites is 1. The normalized spacial score (nSPS) is 10.6. The Morgan fingerprint density at radius 1 is 0.880 bits per heavy atom. The molecule has 5 nitrogen and oxygen atoms in total. The number of ether oxygens (including phenoxy) is 2. The van der Waals surface area contributed by atoms with Crippen LogP contribution in [0.2, 0.25) is 0 Å². The van der Waals surface area contributed by atoms with Crippen molar-refractivity contribution in [2.45, 2.75) is 20.1 Å². The first-order valence-electron chi connectivity index (χ1n) is 8.78. The van der Waals surface area contributed by atoms with E-state index < -0.39 is 0 Å². The van der Waals surface area contributed by atoms with Gasteiger partial charge in [0, 0.05) is 31.7 Å². The second-order valence-electron chi connectivity index (χ2n) is 5.60. The third-order valence-corrected chi connectivity index (χ3v) is 3.67. The number of aliphatic hydroxyl groups is 1. The van der Waals surface area contributed by atoms with Gasteiger partial charge in [0.15, 0.2) is 11.5 Å². The molecule has 0 heterocycles. The number of benzene rings is 2. The fourth-order valence-corrected chi connectivity index (χ4v) is 2.47. The van der Waals surface area contributed by atoms with Crippen LogP contribution < -0.4 is 20.1 Å². The highest BCUT2D eigenvalue weighted by Crippen LogP contribution is 2.32. The largest absolute Gasteiger partial charge is 0.490 e. The van der Waals surface area contributed by atoms with E-state index in [9.17, 15) is 0 Å². The van der Waals surface area contributed by atoms with Gasteiger partial charge < -0.3 is 25.2 Å². The number of aliphatic hydroxyl groups excluding tert-OH is 1. The highest BCUT2D eigenvalue weighted by Gasteiger charge is 2.11. The summed E-state index contributed by atoms with van der Waals surface area (Å²) in [4.78, 5) is 0. The summed E-state index contributed by atoms with van der Waals surface area (Å²) in [6.07, 6.45) is 0. The summed E-state index contributed by atoms with van der Waals surface area (Å²) >= 11 is 0. The molecule has 0 bridgehead atoms. The molecule has 0 saturated heterocycles. The van der Waals surface area contributed by atoms with E-state index in [1.165, 1.54) is 0 Å². The molecule has 0 radical (unpaired) electrons. The fraction of sp³-hybridized carbons (Fsp3) is 0.400. The molecule has 0 unspecified atom stereocenters. The van der Waals surface area contributed by atoms with E-state index in [0.717, 1.165) is 35.7 Å². The lowest BCUT2D eigenvalue weighted by Crippen LogP contribution is -2.28. The molecule has 0 amide bonds.